The Balaban J connectivity index is 1.87. The molecule has 0 amide bonds. The zero-order valence-electron chi connectivity index (χ0n) is 13.7. The van der Waals surface area contributed by atoms with Gasteiger partial charge >= 0.3 is 0 Å². The molecule has 0 aliphatic carbocycles. The topological polar surface area (TPSA) is 48.5 Å². The molecule has 5 nitrogen and oxygen atoms in total. The van der Waals surface area contributed by atoms with E-state index in [-0.39, 0.29) is 0 Å². The van der Waals surface area contributed by atoms with Crippen LogP contribution < -0.4 is 0 Å². The van der Waals surface area contributed by atoms with Gasteiger partial charge in [0.2, 0.25) is 0 Å². The van der Waals surface area contributed by atoms with Crippen LogP contribution in [0, 0.1) is 6.92 Å². The van der Waals surface area contributed by atoms with Gasteiger partial charge in [-0.2, -0.15) is 10.2 Å². The molecule has 5 aromatic rings. The van der Waals surface area contributed by atoms with Crippen LogP contribution in [0.2, 0.25) is 0 Å². The lowest BCUT2D eigenvalue weighted by molar-refractivity contribution is 0.878. The fourth-order valence-corrected chi connectivity index (χ4v) is 3.26. The Bertz CT molecular complexity index is 1190. The van der Waals surface area contributed by atoms with E-state index in [2.05, 4.69) is 22.2 Å². The fraction of sp³-hybridized carbons (Fsp3) is 0.0500. The Kier molecular flexibility index (Phi) is 2.94. The van der Waals surface area contributed by atoms with E-state index in [4.69, 9.17) is 5.10 Å². The first-order chi connectivity index (χ1) is 12.3. The fourth-order valence-electron chi connectivity index (χ4n) is 3.26. The summed E-state index contributed by atoms with van der Waals surface area (Å²) in [5.74, 6) is 0. The van der Waals surface area contributed by atoms with E-state index in [1.165, 1.54) is 0 Å². The first-order valence-electron chi connectivity index (χ1n) is 8.16. The van der Waals surface area contributed by atoms with Gasteiger partial charge in [0, 0.05) is 11.6 Å². The molecule has 0 radical (unpaired) electrons. The van der Waals surface area contributed by atoms with Crippen LogP contribution in [0.3, 0.4) is 0 Å². The Morgan fingerprint density at radius 1 is 0.760 bits per heavy atom. The van der Waals surface area contributed by atoms with E-state index in [9.17, 15) is 0 Å². The van der Waals surface area contributed by atoms with Crippen LogP contribution in [-0.2, 0) is 0 Å². The lowest BCUT2D eigenvalue weighted by Crippen LogP contribution is -1.98. The maximum Gasteiger partial charge on any atom is 0.165 e. The van der Waals surface area contributed by atoms with Crippen molar-refractivity contribution < 1.29 is 0 Å². The third kappa shape index (κ3) is 2.06. The molecule has 5 heteroatoms. The average molecular weight is 325 g/mol. The van der Waals surface area contributed by atoms with Crippen LogP contribution in [0.1, 0.15) is 5.69 Å². The number of hydrogen-bond acceptors (Lipinski definition) is 3. The van der Waals surface area contributed by atoms with E-state index >= 15 is 0 Å². The number of aromatic nitrogens is 5. The Labute approximate surface area is 144 Å². The van der Waals surface area contributed by atoms with Crippen molar-refractivity contribution in [3.63, 3.8) is 0 Å². The summed E-state index contributed by atoms with van der Waals surface area (Å²) in [6.07, 6.45) is 3.72. The van der Waals surface area contributed by atoms with E-state index in [0.717, 1.165) is 39.0 Å². The molecular formula is C20H15N5. The summed E-state index contributed by atoms with van der Waals surface area (Å²) in [6.45, 7) is 2.02. The largest absolute Gasteiger partial charge is 0.236 e. The van der Waals surface area contributed by atoms with Crippen molar-refractivity contribution in [2.75, 3.05) is 0 Å². The number of benzene rings is 2. The Morgan fingerprint density at radius 3 is 2.08 bits per heavy atom. The molecule has 0 atom stereocenters. The normalized spacial score (nSPS) is 11.4. The third-order valence-electron chi connectivity index (χ3n) is 4.40. The molecule has 0 N–H and O–H groups in total. The standard InChI is InChI=1S/C20H15N5/c1-14-18-19-15(13-22-24(19)16-8-4-2-5-9-16)12-21-20(18)25(23-14)17-10-6-3-7-11-17/h2-13H,1H3. The second kappa shape index (κ2) is 5.27. The maximum absolute atomic E-state index is 4.74. The monoisotopic (exact) mass is 325 g/mol. The number of pyridine rings is 1. The van der Waals surface area contributed by atoms with Gasteiger partial charge in [0.15, 0.2) is 5.65 Å². The summed E-state index contributed by atoms with van der Waals surface area (Å²) in [4.78, 5) is 4.66. The van der Waals surface area contributed by atoms with Crippen molar-refractivity contribution in [2.45, 2.75) is 6.92 Å². The van der Waals surface area contributed by atoms with Gasteiger partial charge in [0.25, 0.3) is 0 Å². The van der Waals surface area contributed by atoms with Crippen molar-refractivity contribution in [1.29, 1.82) is 0 Å². The van der Waals surface area contributed by atoms with Crippen molar-refractivity contribution >= 4 is 21.9 Å². The molecule has 0 spiro atoms. The lowest BCUT2D eigenvalue weighted by Gasteiger charge is -2.05. The molecule has 0 saturated carbocycles. The predicted molar refractivity (Wildman–Crippen MR) is 98.2 cm³/mol. The van der Waals surface area contributed by atoms with Crippen LogP contribution in [-0.4, -0.2) is 24.5 Å². The minimum atomic E-state index is 0.842. The first kappa shape index (κ1) is 13.9. The van der Waals surface area contributed by atoms with Crippen LogP contribution in [0.15, 0.2) is 73.1 Å². The zero-order valence-corrected chi connectivity index (χ0v) is 13.7. The van der Waals surface area contributed by atoms with Gasteiger partial charge in [-0.3, -0.25) is 0 Å². The number of fused-ring (bicyclic) bond motifs is 3. The summed E-state index contributed by atoms with van der Waals surface area (Å²) in [6, 6.07) is 20.2. The number of aryl methyl sites for hydroxylation is 1. The molecule has 0 aliphatic rings. The molecule has 2 aromatic carbocycles. The van der Waals surface area contributed by atoms with E-state index in [1.807, 2.05) is 77.2 Å². The number of rotatable bonds is 2. The van der Waals surface area contributed by atoms with Crippen LogP contribution >= 0.6 is 0 Å². The average Bonchev–Trinajstić information content (AvgIpc) is 3.24. The SMILES string of the molecule is Cc1nn(-c2ccccc2)c2ncc3cnn(-c4ccccc4)c3c12. The van der Waals surface area contributed by atoms with Crippen molar-refractivity contribution in [3.05, 3.63) is 78.8 Å². The molecule has 120 valence electrons. The van der Waals surface area contributed by atoms with Gasteiger partial charge in [0.05, 0.1) is 34.2 Å². The quantitative estimate of drug-likeness (QED) is 0.491. The van der Waals surface area contributed by atoms with E-state index in [1.54, 1.807) is 0 Å². The highest BCUT2D eigenvalue weighted by Gasteiger charge is 2.17. The van der Waals surface area contributed by atoms with Crippen molar-refractivity contribution in [2.24, 2.45) is 0 Å². The second-order valence-corrected chi connectivity index (χ2v) is 5.99. The van der Waals surface area contributed by atoms with Crippen molar-refractivity contribution in [3.8, 4) is 11.4 Å². The number of nitrogens with zero attached hydrogens (tertiary/aromatic N) is 5. The molecule has 3 aromatic heterocycles. The summed E-state index contributed by atoms with van der Waals surface area (Å²) in [5, 5.41) is 11.4. The molecule has 0 bridgehead atoms. The molecule has 25 heavy (non-hydrogen) atoms. The van der Waals surface area contributed by atoms with Crippen LogP contribution in [0.5, 0.6) is 0 Å². The minimum Gasteiger partial charge on any atom is -0.236 e. The minimum absolute atomic E-state index is 0.842. The molecule has 0 saturated heterocycles. The van der Waals surface area contributed by atoms with Crippen molar-refractivity contribution in [1.82, 2.24) is 24.5 Å². The summed E-state index contributed by atoms with van der Waals surface area (Å²) >= 11 is 0. The number of hydrogen-bond donors (Lipinski definition) is 0. The van der Waals surface area contributed by atoms with E-state index < -0.39 is 0 Å². The highest BCUT2D eigenvalue weighted by Crippen LogP contribution is 2.29. The number of para-hydroxylation sites is 2. The lowest BCUT2D eigenvalue weighted by atomic mass is 10.2. The smallest absolute Gasteiger partial charge is 0.165 e. The van der Waals surface area contributed by atoms with Gasteiger partial charge in [0.1, 0.15) is 0 Å². The zero-order chi connectivity index (χ0) is 16.8. The molecule has 5 rings (SSSR count). The summed E-state index contributed by atoms with van der Waals surface area (Å²) < 4.78 is 3.86. The van der Waals surface area contributed by atoms with Gasteiger partial charge in [-0.15, -0.1) is 0 Å². The van der Waals surface area contributed by atoms with Gasteiger partial charge < -0.3 is 0 Å². The summed E-state index contributed by atoms with van der Waals surface area (Å²) in [5.41, 5.74) is 4.84. The highest BCUT2D eigenvalue weighted by atomic mass is 15.3. The van der Waals surface area contributed by atoms with Gasteiger partial charge in [-0.05, 0) is 31.2 Å². The van der Waals surface area contributed by atoms with Crippen LogP contribution in [0.25, 0.3) is 33.3 Å². The van der Waals surface area contributed by atoms with Gasteiger partial charge in [-0.25, -0.2) is 14.3 Å². The maximum atomic E-state index is 4.74. The highest BCUT2D eigenvalue weighted by molar-refractivity contribution is 6.04. The Hall–Kier alpha value is -3.47. The molecular weight excluding hydrogens is 310 g/mol. The third-order valence-corrected chi connectivity index (χ3v) is 4.40. The van der Waals surface area contributed by atoms with Crippen LogP contribution in [0.4, 0.5) is 0 Å². The molecule has 0 aliphatic heterocycles. The van der Waals surface area contributed by atoms with E-state index in [0.29, 0.717) is 0 Å². The molecule has 3 heterocycles. The summed E-state index contributed by atoms with van der Waals surface area (Å²) in [7, 11) is 0. The second-order valence-electron chi connectivity index (χ2n) is 5.99. The predicted octanol–water partition coefficient (Wildman–Crippen LogP) is 4.07. The first-order valence-corrected chi connectivity index (χ1v) is 8.16. The molecule has 0 unspecified atom stereocenters. The Morgan fingerprint density at radius 2 is 1.40 bits per heavy atom. The molecule has 0 fully saturated rings. The van der Waals surface area contributed by atoms with Gasteiger partial charge in [-0.1, -0.05) is 36.4 Å².